The van der Waals surface area contributed by atoms with E-state index in [1.165, 1.54) is 41.5 Å². The number of nitrogens with zero attached hydrogens (tertiary/aromatic N) is 3. The van der Waals surface area contributed by atoms with Gasteiger partial charge in [-0.05, 0) is 49.7 Å². The second kappa shape index (κ2) is 8.30. The first-order chi connectivity index (χ1) is 16.3. The molecule has 2 aromatic heterocycles. The average Bonchev–Trinajstić information content (AvgIpc) is 3.46. The fourth-order valence-corrected chi connectivity index (χ4v) is 5.91. The van der Waals surface area contributed by atoms with Crippen molar-refractivity contribution in [2.45, 2.75) is 19.9 Å². The van der Waals surface area contributed by atoms with Crippen molar-refractivity contribution in [3.63, 3.8) is 0 Å². The van der Waals surface area contributed by atoms with Gasteiger partial charge in [-0.1, -0.05) is 23.5 Å². The highest BCUT2D eigenvalue weighted by Gasteiger charge is 2.46. The molecule has 1 atom stereocenters. The van der Waals surface area contributed by atoms with Crippen LogP contribution in [0.25, 0.3) is 10.2 Å². The molecule has 0 aliphatic carbocycles. The predicted octanol–water partition coefficient (Wildman–Crippen LogP) is 5.30. The van der Waals surface area contributed by atoms with Gasteiger partial charge in [-0.25, -0.2) is 14.4 Å². The largest absolute Gasteiger partial charge is 0.503 e. The van der Waals surface area contributed by atoms with Crippen LogP contribution in [0, 0.1) is 19.7 Å². The quantitative estimate of drug-likeness (QED) is 0.378. The average molecular weight is 496 g/mol. The number of aromatic nitrogens is 2. The van der Waals surface area contributed by atoms with Gasteiger partial charge in [-0.15, -0.1) is 11.3 Å². The van der Waals surface area contributed by atoms with Crippen molar-refractivity contribution in [2.75, 3.05) is 12.0 Å². The number of hydrogen-bond donors (Lipinski definition) is 1. The highest BCUT2D eigenvalue weighted by Crippen LogP contribution is 2.45. The molecule has 2 aromatic carbocycles. The molecule has 1 amide bonds. The number of aryl methyl sites for hydroxylation is 2. The number of anilines is 1. The molecule has 0 fully saturated rings. The number of ketones is 1. The summed E-state index contributed by atoms with van der Waals surface area (Å²) in [7, 11) is 1.52. The van der Waals surface area contributed by atoms with Gasteiger partial charge in [0.05, 0.1) is 44.5 Å². The van der Waals surface area contributed by atoms with Crippen LogP contribution in [0.5, 0.6) is 5.75 Å². The van der Waals surface area contributed by atoms with Crippen LogP contribution in [0.2, 0.25) is 0 Å². The minimum Gasteiger partial charge on any atom is -0.503 e. The number of Topliss-reactive ketones (excluding diaryl/α,β-unsaturated/α-hetero) is 1. The maximum Gasteiger partial charge on any atom is 0.296 e. The van der Waals surface area contributed by atoms with E-state index in [1.54, 1.807) is 38.1 Å². The van der Waals surface area contributed by atoms with E-state index in [-0.39, 0.29) is 10.7 Å². The van der Waals surface area contributed by atoms with Gasteiger partial charge in [0.2, 0.25) is 5.78 Å². The SMILES string of the molecule is COc1cccc(C2C(C(=O)c3sc(C)nc3C)=C(O)C(=O)N2c2nc3ccc(F)cc3s2)c1. The summed E-state index contributed by atoms with van der Waals surface area (Å²) in [4.78, 5) is 37.4. The number of fused-ring (bicyclic) bond motifs is 1. The van der Waals surface area contributed by atoms with Gasteiger partial charge in [0.15, 0.2) is 10.9 Å². The van der Waals surface area contributed by atoms with E-state index in [0.29, 0.717) is 37.1 Å². The topological polar surface area (TPSA) is 92.6 Å². The summed E-state index contributed by atoms with van der Waals surface area (Å²) in [5.74, 6) is -1.77. The van der Waals surface area contributed by atoms with Gasteiger partial charge < -0.3 is 9.84 Å². The van der Waals surface area contributed by atoms with Crippen molar-refractivity contribution in [2.24, 2.45) is 0 Å². The Morgan fingerprint density at radius 3 is 2.65 bits per heavy atom. The molecule has 34 heavy (non-hydrogen) atoms. The van der Waals surface area contributed by atoms with Crippen LogP contribution in [-0.2, 0) is 4.79 Å². The van der Waals surface area contributed by atoms with Crippen molar-refractivity contribution < 1.29 is 23.8 Å². The summed E-state index contributed by atoms with van der Waals surface area (Å²) in [6, 6.07) is 10.1. The Labute approximate surface area is 201 Å². The number of benzene rings is 2. The molecule has 1 unspecified atom stereocenters. The lowest BCUT2D eigenvalue weighted by Crippen LogP contribution is -2.31. The summed E-state index contributed by atoms with van der Waals surface area (Å²) in [6.45, 7) is 3.50. The minimum absolute atomic E-state index is 0.0598. The molecular weight excluding hydrogens is 477 g/mol. The molecule has 1 aliphatic rings. The fourth-order valence-electron chi connectivity index (χ4n) is 4.02. The molecule has 0 saturated carbocycles. The zero-order valence-corrected chi connectivity index (χ0v) is 20.0. The number of aliphatic hydroxyl groups excluding tert-OH is 1. The molecule has 5 rings (SSSR count). The van der Waals surface area contributed by atoms with Gasteiger partial charge in [0, 0.05) is 0 Å². The van der Waals surface area contributed by atoms with Crippen LogP contribution in [0.3, 0.4) is 0 Å². The molecule has 3 heterocycles. The van der Waals surface area contributed by atoms with Gasteiger partial charge in [-0.3, -0.25) is 14.5 Å². The maximum absolute atomic E-state index is 13.8. The molecule has 1 N–H and O–H groups in total. The van der Waals surface area contributed by atoms with Crippen LogP contribution in [0.4, 0.5) is 9.52 Å². The monoisotopic (exact) mass is 495 g/mol. The number of methoxy groups -OCH3 is 1. The Bertz CT molecular complexity index is 1510. The first kappa shape index (κ1) is 22.2. The van der Waals surface area contributed by atoms with Gasteiger partial charge in [-0.2, -0.15) is 0 Å². The molecule has 1 aliphatic heterocycles. The van der Waals surface area contributed by atoms with E-state index < -0.39 is 29.3 Å². The first-order valence-electron chi connectivity index (χ1n) is 10.2. The number of halogens is 1. The number of aliphatic hydroxyl groups is 1. The highest BCUT2D eigenvalue weighted by atomic mass is 32.1. The zero-order chi connectivity index (χ0) is 24.1. The predicted molar refractivity (Wildman–Crippen MR) is 128 cm³/mol. The number of thiazole rings is 2. The zero-order valence-electron chi connectivity index (χ0n) is 18.3. The van der Waals surface area contributed by atoms with Gasteiger partial charge in [0.25, 0.3) is 5.91 Å². The normalized spacial score (nSPS) is 16.1. The van der Waals surface area contributed by atoms with Crippen LogP contribution < -0.4 is 9.64 Å². The van der Waals surface area contributed by atoms with E-state index >= 15 is 0 Å². The highest BCUT2D eigenvalue weighted by molar-refractivity contribution is 7.22. The van der Waals surface area contributed by atoms with Crippen molar-refractivity contribution >= 4 is 49.7 Å². The van der Waals surface area contributed by atoms with Crippen LogP contribution >= 0.6 is 22.7 Å². The maximum atomic E-state index is 13.8. The number of rotatable bonds is 5. The smallest absolute Gasteiger partial charge is 0.296 e. The summed E-state index contributed by atoms with van der Waals surface area (Å²) < 4.78 is 19.7. The van der Waals surface area contributed by atoms with Crippen LogP contribution in [0.15, 0.2) is 53.8 Å². The minimum atomic E-state index is -0.956. The lowest BCUT2D eigenvalue weighted by molar-refractivity contribution is -0.117. The Balaban J connectivity index is 1.70. The Morgan fingerprint density at radius 2 is 1.94 bits per heavy atom. The van der Waals surface area contributed by atoms with E-state index in [1.807, 2.05) is 0 Å². The van der Waals surface area contributed by atoms with Crippen molar-refractivity contribution in [3.05, 3.63) is 80.8 Å². The number of ether oxygens (including phenoxy) is 1. The van der Waals surface area contributed by atoms with Crippen molar-refractivity contribution in [3.8, 4) is 5.75 Å². The Kier molecular flexibility index (Phi) is 5.41. The fraction of sp³-hybridized carbons (Fsp3) is 0.167. The third kappa shape index (κ3) is 3.55. The van der Waals surface area contributed by atoms with E-state index in [2.05, 4.69) is 9.97 Å². The number of carbonyl (C=O) groups excluding carboxylic acids is 2. The number of carbonyl (C=O) groups is 2. The lowest BCUT2D eigenvalue weighted by Gasteiger charge is -2.24. The molecule has 172 valence electrons. The molecule has 0 radical (unpaired) electrons. The summed E-state index contributed by atoms with van der Waals surface area (Å²) in [5.41, 5.74) is 1.53. The molecule has 7 nitrogen and oxygen atoms in total. The second-order valence-corrected chi connectivity index (χ2v) is 9.91. The Hall–Kier alpha value is -3.63. The summed E-state index contributed by atoms with van der Waals surface area (Å²) in [5, 5.41) is 11.9. The number of hydrogen-bond acceptors (Lipinski definition) is 8. The van der Waals surface area contributed by atoms with E-state index in [9.17, 15) is 19.1 Å². The summed E-state index contributed by atoms with van der Waals surface area (Å²) >= 11 is 2.31. The molecule has 0 spiro atoms. The first-order valence-corrected chi connectivity index (χ1v) is 11.9. The van der Waals surface area contributed by atoms with Crippen molar-refractivity contribution in [1.29, 1.82) is 0 Å². The lowest BCUT2D eigenvalue weighted by atomic mass is 9.95. The van der Waals surface area contributed by atoms with Gasteiger partial charge in [0.1, 0.15) is 11.6 Å². The number of amides is 1. The third-order valence-electron chi connectivity index (χ3n) is 5.52. The van der Waals surface area contributed by atoms with Crippen LogP contribution in [-0.4, -0.2) is 33.9 Å². The molecule has 0 saturated heterocycles. The van der Waals surface area contributed by atoms with Crippen molar-refractivity contribution in [1.82, 2.24) is 9.97 Å². The van der Waals surface area contributed by atoms with E-state index in [0.717, 1.165) is 11.3 Å². The Morgan fingerprint density at radius 1 is 1.15 bits per heavy atom. The third-order valence-corrected chi connectivity index (χ3v) is 7.61. The second-order valence-electron chi connectivity index (χ2n) is 7.70. The molecule has 10 heteroatoms. The molecular formula is C24H18FN3O4S2. The summed E-state index contributed by atoms with van der Waals surface area (Å²) in [6.07, 6.45) is 0. The van der Waals surface area contributed by atoms with Crippen LogP contribution in [0.1, 0.15) is 32.0 Å². The molecule has 4 aromatic rings. The molecule has 0 bridgehead atoms. The van der Waals surface area contributed by atoms with Gasteiger partial charge >= 0.3 is 0 Å². The standard InChI is InChI=1S/C24H18FN3O4S2/c1-11-22(33-12(2)26-11)20(29)18-19(13-5-4-6-15(9-13)32-3)28(23(31)21(18)30)24-27-16-8-7-14(25)10-17(16)34-24/h4-10,19,30H,1-3H3. The van der Waals surface area contributed by atoms with E-state index in [4.69, 9.17) is 4.74 Å².